The third kappa shape index (κ3) is 4.23. The van der Waals surface area contributed by atoms with E-state index >= 15 is 0 Å². The van der Waals surface area contributed by atoms with Crippen molar-refractivity contribution in [1.82, 2.24) is 15.0 Å². The summed E-state index contributed by atoms with van der Waals surface area (Å²) in [4.78, 5) is 6.65. The van der Waals surface area contributed by atoms with E-state index in [1.54, 1.807) is 0 Å². The van der Waals surface area contributed by atoms with Crippen molar-refractivity contribution in [3.05, 3.63) is 11.7 Å². The molecule has 1 aliphatic heterocycles. The van der Waals surface area contributed by atoms with Gasteiger partial charge in [-0.2, -0.15) is 4.98 Å². The van der Waals surface area contributed by atoms with Crippen molar-refractivity contribution in [2.45, 2.75) is 46.2 Å². The fourth-order valence-electron chi connectivity index (χ4n) is 2.27. The van der Waals surface area contributed by atoms with Gasteiger partial charge < -0.3 is 10.3 Å². The van der Waals surface area contributed by atoms with Crippen LogP contribution in [0.2, 0.25) is 0 Å². The molecule has 6 heteroatoms. The van der Waals surface area contributed by atoms with E-state index in [4.69, 9.17) is 10.3 Å². The summed E-state index contributed by atoms with van der Waals surface area (Å²) in [5.41, 5.74) is 5.91. The Morgan fingerprint density at radius 3 is 2.78 bits per heavy atom. The lowest BCUT2D eigenvalue weighted by Crippen LogP contribution is -2.25. The Balaban J connectivity index is 0.00000162. The minimum atomic E-state index is 0. The van der Waals surface area contributed by atoms with Crippen LogP contribution in [0, 0.1) is 5.41 Å². The van der Waals surface area contributed by atoms with Crippen LogP contribution in [0.4, 0.5) is 0 Å². The lowest BCUT2D eigenvalue weighted by atomic mass is 9.85. The number of aromatic nitrogens is 2. The van der Waals surface area contributed by atoms with E-state index in [2.05, 4.69) is 28.9 Å². The van der Waals surface area contributed by atoms with Gasteiger partial charge >= 0.3 is 0 Å². The molecule has 0 radical (unpaired) electrons. The first-order chi connectivity index (χ1) is 8.09. The fraction of sp³-hybridized carbons (Fsp3) is 0.833. The second-order valence-electron chi connectivity index (χ2n) is 5.60. The number of nitrogens with zero attached hydrogens (tertiary/aromatic N) is 3. The Hall–Kier alpha value is -0.650. The van der Waals surface area contributed by atoms with Crippen molar-refractivity contribution in [2.75, 3.05) is 13.1 Å². The molecule has 0 amide bonds. The fourth-order valence-corrected chi connectivity index (χ4v) is 2.27. The first kappa shape index (κ1) is 15.4. The molecule has 5 nitrogen and oxygen atoms in total. The molecule has 1 aromatic heterocycles. The van der Waals surface area contributed by atoms with Gasteiger partial charge in [0.2, 0.25) is 5.89 Å². The van der Waals surface area contributed by atoms with Crippen LogP contribution < -0.4 is 5.73 Å². The van der Waals surface area contributed by atoms with E-state index in [1.165, 1.54) is 19.3 Å². The third-order valence-corrected chi connectivity index (χ3v) is 3.48. The van der Waals surface area contributed by atoms with Crippen LogP contribution >= 0.6 is 12.4 Å². The lowest BCUT2D eigenvalue weighted by molar-refractivity contribution is 0.247. The molecule has 18 heavy (non-hydrogen) atoms. The highest BCUT2D eigenvalue weighted by molar-refractivity contribution is 5.85. The van der Waals surface area contributed by atoms with Gasteiger partial charge in [-0.3, -0.25) is 4.90 Å². The molecular weight excluding hydrogens is 252 g/mol. The molecule has 0 unspecified atom stereocenters. The minimum absolute atomic E-state index is 0. The van der Waals surface area contributed by atoms with Crippen LogP contribution in [0.25, 0.3) is 0 Å². The quantitative estimate of drug-likeness (QED) is 0.913. The second-order valence-corrected chi connectivity index (χ2v) is 5.60. The van der Waals surface area contributed by atoms with Gasteiger partial charge in [-0.25, -0.2) is 0 Å². The van der Waals surface area contributed by atoms with Gasteiger partial charge in [0.25, 0.3) is 0 Å². The van der Waals surface area contributed by atoms with Crippen LogP contribution in [-0.2, 0) is 13.1 Å². The maximum atomic E-state index is 5.45. The highest BCUT2D eigenvalue weighted by Crippen LogP contribution is 2.29. The Morgan fingerprint density at radius 1 is 1.33 bits per heavy atom. The lowest BCUT2D eigenvalue weighted by Gasteiger charge is -2.22. The summed E-state index contributed by atoms with van der Waals surface area (Å²) in [6, 6.07) is 0. The molecule has 0 atom stereocenters. The molecule has 0 saturated carbocycles. The van der Waals surface area contributed by atoms with E-state index in [-0.39, 0.29) is 12.4 Å². The topological polar surface area (TPSA) is 68.2 Å². The Labute approximate surface area is 115 Å². The smallest absolute Gasteiger partial charge is 0.240 e. The average molecular weight is 275 g/mol. The Kier molecular flexibility index (Phi) is 5.56. The van der Waals surface area contributed by atoms with Crippen molar-refractivity contribution in [2.24, 2.45) is 11.1 Å². The summed E-state index contributed by atoms with van der Waals surface area (Å²) in [6.45, 7) is 8.02. The van der Waals surface area contributed by atoms with E-state index in [0.29, 0.717) is 17.9 Å². The van der Waals surface area contributed by atoms with Gasteiger partial charge in [-0.05, 0) is 37.8 Å². The van der Waals surface area contributed by atoms with E-state index < -0.39 is 0 Å². The largest absolute Gasteiger partial charge is 0.338 e. The van der Waals surface area contributed by atoms with E-state index in [9.17, 15) is 0 Å². The zero-order valence-electron chi connectivity index (χ0n) is 11.2. The molecule has 2 heterocycles. The van der Waals surface area contributed by atoms with Crippen LogP contribution in [0.15, 0.2) is 4.52 Å². The van der Waals surface area contributed by atoms with Crippen LogP contribution in [0.3, 0.4) is 0 Å². The molecule has 1 aliphatic rings. The predicted octanol–water partition coefficient (Wildman–Crippen LogP) is 1.96. The van der Waals surface area contributed by atoms with Gasteiger partial charge in [0.15, 0.2) is 5.82 Å². The molecule has 1 saturated heterocycles. The van der Waals surface area contributed by atoms with Crippen molar-refractivity contribution in [1.29, 1.82) is 0 Å². The standard InChI is InChI=1S/C12H22N4O.ClH/c1-12(2)4-3-6-16(7-5-12)9-10-14-11(8-13)17-15-10;/h3-9,13H2,1-2H3;1H. The van der Waals surface area contributed by atoms with Crippen molar-refractivity contribution < 1.29 is 4.52 Å². The molecule has 2 rings (SSSR count). The molecule has 1 fully saturated rings. The van der Waals surface area contributed by atoms with Crippen LogP contribution in [0.1, 0.15) is 44.8 Å². The monoisotopic (exact) mass is 274 g/mol. The highest BCUT2D eigenvalue weighted by Gasteiger charge is 2.23. The molecule has 0 aromatic carbocycles. The number of nitrogens with two attached hydrogens (primary N) is 1. The van der Waals surface area contributed by atoms with Gasteiger partial charge in [-0.1, -0.05) is 19.0 Å². The molecule has 0 bridgehead atoms. The maximum absolute atomic E-state index is 5.45. The summed E-state index contributed by atoms with van der Waals surface area (Å²) in [6.07, 6.45) is 3.77. The van der Waals surface area contributed by atoms with Crippen molar-refractivity contribution in [3.8, 4) is 0 Å². The summed E-state index contributed by atoms with van der Waals surface area (Å²) >= 11 is 0. The average Bonchev–Trinajstić information content (AvgIpc) is 2.66. The number of rotatable bonds is 3. The van der Waals surface area contributed by atoms with Crippen molar-refractivity contribution >= 4 is 12.4 Å². The highest BCUT2D eigenvalue weighted by atomic mass is 35.5. The molecule has 1 aromatic rings. The second kappa shape index (κ2) is 6.50. The van der Waals surface area contributed by atoms with Gasteiger partial charge in [0.1, 0.15) is 0 Å². The zero-order valence-corrected chi connectivity index (χ0v) is 12.0. The summed E-state index contributed by atoms with van der Waals surface area (Å²) < 4.78 is 5.01. The number of likely N-dealkylation sites (tertiary alicyclic amines) is 1. The van der Waals surface area contributed by atoms with E-state index in [1.807, 2.05) is 0 Å². The Morgan fingerprint density at radius 2 is 2.11 bits per heavy atom. The van der Waals surface area contributed by atoms with Gasteiger partial charge in [0, 0.05) is 0 Å². The normalized spacial score (nSPS) is 20.2. The summed E-state index contributed by atoms with van der Waals surface area (Å²) in [5.74, 6) is 1.28. The number of halogens is 1. The maximum Gasteiger partial charge on any atom is 0.240 e. The molecule has 2 N–H and O–H groups in total. The predicted molar refractivity (Wildman–Crippen MR) is 72.3 cm³/mol. The van der Waals surface area contributed by atoms with Crippen molar-refractivity contribution in [3.63, 3.8) is 0 Å². The van der Waals surface area contributed by atoms with Gasteiger partial charge in [-0.15, -0.1) is 12.4 Å². The SMILES string of the molecule is CC1(C)CCCN(Cc2noc(CN)n2)CC1.Cl. The molecule has 104 valence electrons. The van der Waals surface area contributed by atoms with E-state index in [0.717, 1.165) is 25.5 Å². The van der Waals surface area contributed by atoms with Crippen LogP contribution in [-0.4, -0.2) is 28.1 Å². The first-order valence-electron chi connectivity index (χ1n) is 6.33. The molecule has 0 spiro atoms. The first-order valence-corrected chi connectivity index (χ1v) is 6.33. The summed E-state index contributed by atoms with van der Waals surface area (Å²) in [5, 5.41) is 3.94. The third-order valence-electron chi connectivity index (χ3n) is 3.48. The molecule has 0 aliphatic carbocycles. The minimum Gasteiger partial charge on any atom is -0.338 e. The summed E-state index contributed by atoms with van der Waals surface area (Å²) in [7, 11) is 0. The van der Waals surface area contributed by atoms with Crippen LogP contribution in [0.5, 0.6) is 0 Å². The molecular formula is C12H23ClN4O. The zero-order chi connectivity index (χ0) is 12.3. The number of hydrogen-bond acceptors (Lipinski definition) is 5. The number of hydrogen-bond donors (Lipinski definition) is 1. The van der Waals surface area contributed by atoms with Gasteiger partial charge in [0.05, 0.1) is 13.1 Å². The Bertz CT molecular complexity index is 367.